The molecule has 0 amide bonds. The number of rotatable bonds is 36. The number of unbranched alkanes of at least 4 members (excludes halogenated alkanes) is 7. The van der Waals surface area contributed by atoms with Crippen LogP contribution in [0.15, 0.2) is 85.1 Å². The third kappa shape index (κ3) is 31.7. The van der Waals surface area contributed by atoms with Crippen LogP contribution in [0.4, 0.5) is 0 Å². The molecule has 1 unspecified atom stereocenters. The summed E-state index contributed by atoms with van der Waals surface area (Å²) in [4.78, 5) is 50.1. The molecule has 5 atom stereocenters. The molecule has 60 heavy (non-hydrogen) atoms. The number of hydrogen-bond donors (Lipinski definition) is 1. The molecule has 340 valence electrons. The van der Waals surface area contributed by atoms with E-state index in [-0.39, 0.29) is 43.7 Å². The molecule has 0 aromatic carbocycles. The van der Waals surface area contributed by atoms with Gasteiger partial charge in [0.1, 0.15) is 19.8 Å². The highest BCUT2D eigenvalue weighted by Crippen LogP contribution is 2.38. The van der Waals surface area contributed by atoms with Crippen molar-refractivity contribution in [1.82, 2.24) is 0 Å². The monoisotopic (exact) mass is 860 g/mol. The summed E-state index contributed by atoms with van der Waals surface area (Å²) in [5, 5.41) is 10.2. The highest BCUT2D eigenvalue weighted by atomic mass is 31.2. The maximum absolute atomic E-state index is 12.8. The summed E-state index contributed by atoms with van der Waals surface area (Å²) < 4.78 is 33.8. The Hall–Kier alpha value is -3.18. The summed E-state index contributed by atoms with van der Waals surface area (Å²) in [5.74, 6) is -1.32. The van der Waals surface area contributed by atoms with Gasteiger partial charge in [0.25, 0.3) is 7.82 Å². The van der Waals surface area contributed by atoms with E-state index < -0.39 is 38.6 Å². The summed E-state index contributed by atoms with van der Waals surface area (Å²) in [5.41, 5.74) is 0. The molecule has 0 spiro atoms. The quantitative estimate of drug-likeness (QED) is 0.0212. The van der Waals surface area contributed by atoms with Crippen LogP contribution in [0, 0.1) is 11.8 Å². The summed E-state index contributed by atoms with van der Waals surface area (Å²) in [6.45, 7) is 3.77. The van der Waals surface area contributed by atoms with Crippen LogP contribution in [0.2, 0.25) is 0 Å². The largest absolute Gasteiger partial charge is 0.756 e. The Morgan fingerprint density at radius 1 is 0.783 bits per heavy atom. The molecule has 0 aromatic heterocycles. The number of carbonyl (C=O) groups is 3. The van der Waals surface area contributed by atoms with Crippen molar-refractivity contribution in [1.29, 1.82) is 0 Å². The van der Waals surface area contributed by atoms with Gasteiger partial charge in [-0.15, -0.1) is 0 Å². The van der Waals surface area contributed by atoms with E-state index in [0.29, 0.717) is 49.6 Å². The second kappa shape index (κ2) is 34.4. The van der Waals surface area contributed by atoms with Crippen LogP contribution in [-0.4, -0.2) is 87.0 Å². The highest BCUT2D eigenvalue weighted by molar-refractivity contribution is 7.45. The fourth-order valence-corrected chi connectivity index (χ4v) is 6.72. The van der Waals surface area contributed by atoms with E-state index >= 15 is 0 Å². The van der Waals surface area contributed by atoms with Crippen molar-refractivity contribution in [3.63, 3.8) is 0 Å². The lowest BCUT2D eigenvalue weighted by atomic mass is 9.90. The minimum Gasteiger partial charge on any atom is -0.756 e. The molecule has 0 aromatic rings. The van der Waals surface area contributed by atoms with Gasteiger partial charge < -0.3 is 33.0 Å². The Kier molecular flexibility index (Phi) is 31.5. The average molecular weight is 860 g/mol. The van der Waals surface area contributed by atoms with Gasteiger partial charge in [-0.05, 0) is 82.6 Å². The number of esters is 2. The summed E-state index contributed by atoms with van der Waals surface area (Å²) in [7, 11) is 0.999. The van der Waals surface area contributed by atoms with Crippen molar-refractivity contribution in [3.8, 4) is 0 Å². The number of quaternary nitrogens is 1. The van der Waals surface area contributed by atoms with Gasteiger partial charge in [-0.3, -0.25) is 18.9 Å². The van der Waals surface area contributed by atoms with Crippen molar-refractivity contribution in [2.75, 3.05) is 47.5 Å². The SMILES string of the molecule is CCCCC/C=C\C/C=C\C/C=C\C/C=C\CCCC(=O)OC[C@H](COP(=O)([O-])OCC[N+](C)(C)C)OC(=O)CCC/C=C\C[C@H]1C=CC(=O)[C@@H]1/C=C/[C@@H](O)CCCCC. The standard InChI is InChI=1S/C48H78NO10P/c1-6-8-10-11-12-13-14-15-16-17-18-19-20-21-22-23-28-32-47(52)56-40-44(41-58-60(54,55)57-39-38-49(3,4)5)59-48(53)33-29-25-24-27-30-42-34-37-46(51)45(42)36-35-43(50)31-26-9-7-2/h12-13,15-16,18-19,21-22,24,27,34-37,42-45,50H,6-11,14,17,20,23,25-26,28-33,38-41H2,1-5H3/b13-12-,16-15-,19-18-,22-21-,27-24-,36-35+/t42-,43-,44+,45+/m0/s1. The second-order valence-corrected chi connectivity index (χ2v) is 17.8. The minimum atomic E-state index is -4.70. The third-order valence-electron chi connectivity index (χ3n) is 9.64. The molecule has 1 aliphatic rings. The summed E-state index contributed by atoms with van der Waals surface area (Å²) >= 11 is 0. The Morgan fingerprint density at radius 3 is 1.97 bits per heavy atom. The van der Waals surface area contributed by atoms with Crippen molar-refractivity contribution in [2.24, 2.45) is 11.8 Å². The van der Waals surface area contributed by atoms with Gasteiger partial charge in [0.05, 0.1) is 33.9 Å². The molecule has 1 rings (SSSR count). The first kappa shape index (κ1) is 54.8. The molecular formula is C48H78NO10P. The zero-order chi connectivity index (χ0) is 44.3. The number of hydrogen-bond acceptors (Lipinski definition) is 10. The highest BCUT2D eigenvalue weighted by Gasteiger charge is 2.27. The lowest BCUT2D eigenvalue weighted by Crippen LogP contribution is -2.37. The normalized spacial score (nSPS) is 18.3. The van der Waals surface area contributed by atoms with E-state index in [9.17, 15) is 28.9 Å². The topological polar surface area (TPSA) is 148 Å². The fraction of sp³-hybridized carbons (Fsp3) is 0.646. The molecule has 12 heteroatoms. The zero-order valence-electron chi connectivity index (χ0n) is 37.5. The van der Waals surface area contributed by atoms with Crippen molar-refractivity contribution < 1.29 is 52.0 Å². The average Bonchev–Trinajstić information content (AvgIpc) is 3.55. The summed E-state index contributed by atoms with van der Waals surface area (Å²) in [6, 6.07) is 0. The van der Waals surface area contributed by atoms with Crippen molar-refractivity contribution in [3.05, 3.63) is 85.1 Å². The number of aliphatic hydroxyl groups is 1. The smallest absolute Gasteiger partial charge is 0.306 e. The van der Waals surface area contributed by atoms with Gasteiger partial charge in [-0.1, -0.05) is 125 Å². The van der Waals surface area contributed by atoms with E-state index in [4.69, 9.17) is 18.5 Å². The van der Waals surface area contributed by atoms with Crippen LogP contribution in [0.1, 0.15) is 129 Å². The predicted octanol–water partition coefficient (Wildman–Crippen LogP) is 9.78. The second-order valence-electron chi connectivity index (χ2n) is 16.4. The molecule has 0 aliphatic heterocycles. The summed E-state index contributed by atoms with van der Waals surface area (Å²) in [6.07, 6.45) is 41.1. The molecule has 0 heterocycles. The van der Waals surface area contributed by atoms with E-state index in [1.165, 1.54) is 19.3 Å². The van der Waals surface area contributed by atoms with E-state index in [0.717, 1.165) is 44.9 Å². The molecule has 1 N–H and O–H groups in total. The van der Waals surface area contributed by atoms with Gasteiger partial charge in [0.15, 0.2) is 11.9 Å². The van der Waals surface area contributed by atoms with E-state index in [2.05, 4.69) is 56.4 Å². The van der Waals surface area contributed by atoms with Gasteiger partial charge in [-0.25, -0.2) is 0 Å². The Bertz CT molecular complexity index is 1440. The number of carbonyl (C=O) groups excluding carboxylic acids is 3. The molecule has 0 fully saturated rings. The van der Waals surface area contributed by atoms with E-state index in [1.807, 2.05) is 51.5 Å². The number of likely N-dealkylation sites (N-methyl/N-ethyl adjacent to an activating group) is 1. The molecule has 0 saturated carbocycles. The maximum Gasteiger partial charge on any atom is 0.306 e. The van der Waals surface area contributed by atoms with Crippen LogP contribution in [0.5, 0.6) is 0 Å². The first-order chi connectivity index (χ1) is 28.8. The number of aliphatic hydroxyl groups excluding tert-OH is 1. The molecule has 0 bridgehead atoms. The maximum atomic E-state index is 12.8. The van der Waals surface area contributed by atoms with Crippen LogP contribution in [0.25, 0.3) is 0 Å². The number of ether oxygens (including phenoxy) is 2. The fourth-order valence-electron chi connectivity index (χ4n) is 5.99. The van der Waals surface area contributed by atoms with Crippen LogP contribution >= 0.6 is 7.82 Å². The Morgan fingerprint density at radius 2 is 1.35 bits per heavy atom. The minimum absolute atomic E-state index is 0.00841. The van der Waals surface area contributed by atoms with Crippen LogP contribution in [-0.2, 0) is 37.5 Å². The van der Waals surface area contributed by atoms with Crippen LogP contribution in [0.3, 0.4) is 0 Å². The van der Waals surface area contributed by atoms with Crippen molar-refractivity contribution in [2.45, 2.75) is 142 Å². The van der Waals surface area contributed by atoms with Gasteiger partial charge >= 0.3 is 11.9 Å². The molecule has 0 saturated heterocycles. The lowest BCUT2D eigenvalue weighted by Gasteiger charge is -2.28. The Balaban J connectivity index is 2.52. The van der Waals surface area contributed by atoms with Gasteiger partial charge in [-0.2, -0.15) is 0 Å². The number of nitrogens with zero attached hydrogens (tertiary/aromatic N) is 1. The number of phosphoric ester groups is 1. The Labute approximate surface area is 362 Å². The number of ketones is 1. The van der Waals surface area contributed by atoms with Gasteiger partial charge in [0, 0.05) is 18.8 Å². The lowest BCUT2D eigenvalue weighted by molar-refractivity contribution is -0.870. The predicted molar refractivity (Wildman–Crippen MR) is 240 cm³/mol. The molecular weight excluding hydrogens is 781 g/mol. The number of allylic oxidation sites excluding steroid dienone is 13. The first-order valence-electron chi connectivity index (χ1n) is 22.3. The molecule has 11 nitrogen and oxygen atoms in total. The molecule has 1 aliphatic carbocycles. The number of phosphoric acid groups is 1. The third-order valence-corrected chi connectivity index (χ3v) is 10.6. The molecule has 0 radical (unpaired) electrons. The first-order valence-corrected chi connectivity index (χ1v) is 23.8. The van der Waals surface area contributed by atoms with E-state index in [1.54, 1.807) is 12.2 Å². The van der Waals surface area contributed by atoms with Crippen LogP contribution < -0.4 is 4.89 Å². The van der Waals surface area contributed by atoms with Crippen molar-refractivity contribution >= 4 is 25.5 Å². The van der Waals surface area contributed by atoms with Gasteiger partial charge in [0.2, 0.25) is 0 Å². The zero-order valence-corrected chi connectivity index (χ0v) is 38.4.